The van der Waals surface area contributed by atoms with Gasteiger partial charge in [-0.15, -0.1) is 0 Å². The first-order valence-electron chi connectivity index (χ1n) is 5.49. The number of pyridine rings is 1. The van der Waals surface area contributed by atoms with Crippen LogP contribution >= 0.6 is 11.6 Å². The Labute approximate surface area is 100 Å². The summed E-state index contributed by atoms with van der Waals surface area (Å²) in [7, 11) is 0. The van der Waals surface area contributed by atoms with E-state index in [-0.39, 0.29) is 0 Å². The van der Waals surface area contributed by atoms with Crippen LogP contribution in [0.5, 0.6) is 0 Å². The molecule has 1 aliphatic heterocycles. The Morgan fingerprint density at radius 3 is 3.12 bits per heavy atom. The van der Waals surface area contributed by atoms with Crippen LogP contribution in [0.15, 0.2) is 12.1 Å². The van der Waals surface area contributed by atoms with Crippen LogP contribution in [0.1, 0.15) is 12.8 Å². The summed E-state index contributed by atoms with van der Waals surface area (Å²) in [6, 6.07) is 3.42. The summed E-state index contributed by atoms with van der Waals surface area (Å²) >= 11 is 5.82. The maximum atomic E-state index is 5.82. The quantitative estimate of drug-likeness (QED) is 0.797. The molecule has 0 aliphatic carbocycles. The predicted molar refractivity (Wildman–Crippen MR) is 65.7 cm³/mol. The molecule has 1 saturated heterocycles. The van der Waals surface area contributed by atoms with E-state index in [1.54, 1.807) is 12.1 Å². The molecule has 0 saturated carbocycles. The summed E-state index contributed by atoms with van der Waals surface area (Å²) in [6.07, 6.45) is 2.33. The smallest absolute Gasteiger partial charge is 0.133 e. The van der Waals surface area contributed by atoms with Crippen LogP contribution in [0.25, 0.3) is 0 Å². The molecular formula is C11H16ClN3O. The van der Waals surface area contributed by atoms with Crippen LogP contribution in [0.2, 0.25) is 5.15 Å². The highest BCUT2D eigenvalue weighted by atomic mass is 35.5. The average Bonchev–Trinajstić information content (AvgIpc) is 2.27. The fraction of sp³-hybridized carbons (Fsp3) is 0.545. The van der Waals surface area contributed by atoms with Crippen molar-refractivity contribution in [1.29, 1.82) is 0 Å². The van der Waals surface area contributed by atoms with Crippen molar-refractivity contribution in [1.82, 2.24) is 4.98 Å². The van der Waals surface area contributed by atoms with Crippen molar-refractivity contribution < 1.29 is 4.74 Å². The van der Waals surface area contributed by atoms with Crippen LogP contribution in [0.3, 0.4) is 0 Å². The number of anilines is 2. The van der Waals surface area contributed by atoms with E-state index < -0.39 is 0 Å². The highest BCUT2D eigenvalue weighted by molar-refractivity contribution is 6.29. The summed E-state index contributed by atoms with van der Waals surface area (Å²) in [5.41, 5.74) is 6.31. The van der Waals surface area contributed by atoms with Gasteiger partial charge in [-0.2, -0.15) is 0 Å². The first-order valence-corrected chi connectivity index (χ1v) is 5.86. The minimum Gasteiger partial charge on any atom is -0.399 e. The Balaban J connectivity index is 1.88. The molecule has 0 radical (unpaired) electrons. The van der Waals surface area contributed by atoms with Gasteiger partial charge in [-0.3, -0.25) is 0 Å². The number of nitrogens with one attached hydrogen (secondary N) is 1. The maximum Gasteiger partial charge on any atom is 0.133 e. The molecule has 0 bridgehead atoms. The molecule has 1 aromatic heterocycles. The van der Waals surface area contributed by atoms with Gasteiger partial charge in [0, 0.05) is 24.9 Å². The van der Waals surface area contributed by atoms with Crippen molar-refractivity contribution in [3.8, 4) is 0 Å². The molecular weight excluding hydrogens is 226 g/mol. The number of nitrogens with two attached hydrogens (primary N) is 1. The number of aromatic nitrogens is 1. The SMILES string of the molecule is Nc1cc(Cl)nc(NCC2CCCOC2)c1. The van der Waals surface area contributed by atoms with Gasteiger partial charge in [-0.1, -0.05) is 11.6 Å². The fourth-order valence-corrected chi connectivity index (χ4v) is 2.04. The number of hydrogen-bond acceptors (Lipinski definition) is 4. The zero-order valence-electron chi connectivity index (χ0n) is 9.08. The topological polar surface area (TPSA) is 60.2 Å². The van der Waals surface area contributed by atoms with Gasteiger partial charge in [-0.05, 0) is 24.8 Å². The average molecular weight is 242 g/mol. The van der Waals surface area contributed by atoms with Gasteiger partial charge in [0.1, 0.15) is 11.0 Å². The minimum atomic E-state index is 0.419. The third-order valence-electron chi connectivity index (χ3n) is 2.64. The predicted octanol–water partition coefficient (Wildman–Crippen LogP) is 2.16. The summed E-state index contributed by atoms with van der Waals surface area (Å²) in [6.45, 7) is 2.56. The lowest BCUT2D eigenvalue weighted by Gasteiger charge is -2.22. The van der Waals surface area contributed by atoms with Crippen LogP contribution in [-0.2, 0) is 4.74 Å². The Hall–Kier alpha value is -1.00. The molecule has 1 atom stereocenters. The first kappa shape index (κ1) is 11.5. The molecule has 88 valence electrons. The minimum absolute atomic E-state index is 0.419. The number of nitrogens with zero attached hydrogens (tertiary/aromatic N) is 1. The largest absolute Gasteiger partial charge is 0.399 e. The highest BCUT2D eigenvalue weighted by Gasteiger charge is 2.13. The van der Waals surface area contributed by atoms with Crippen molar-refractivity contribution in [3.63, 3.8) is 0 Å². The van der Waals surface area contributed by atoms with Crippen LogP contribution < -0.4 is 11.1 Å². The standard InChI is InChI=1S/C11H16ClN3O/c12-10-4-9(13)5-11(15-10)14-6-8-2-1-3-16-7-8/h4-5,8H,1-3,6-7H2,(H3,13,14,15). The number of hydrogen-bond donors (Lipinski definition) is 2. The van der Waals surface area contributed by atoms with Crippen molar-refractivity contribution in [3.05, 3.63) is 17.3 Å². The fourth-order valence-electron chi connectivity index (χ4n) is 1.82. The lowest BCUT2D eigenvalue weighted by atomic mass is 10.0. The van der Waals surface area contributed by atoms with Gasteiger partial charge < -0.3 is 15.8 Å². The third-order valence-corrected chi connectivity index (χ3v) is 2.84. The molecule has 0 aromatic carbocycles. The van der Waals surface area contributed by atoms with Gasteiger partial charge >= 0.3 is 0 Å². The Morgan fingerprint density at radius 2 is 2.44 bits per heavy atom. The zero-order chi connectivity index (χ0) is 11.4. The van der Waals surface area contributed by atoms with Crippen molar-refractivity contribution in [2.45, 2.75) is 12.8 Å². The van der Waals surface area contributed by atoms with Crippen LogP contribution in [0.4, 0.5) is 11.5 Å². The van der Waals surface area contributed by atoms with E-state index in [0.29, 0.717) is 16.8 Å². The highest BCUT2D eigenvalue weighted by Crippen LogP contribution is 2.18. The van der Waals surface area contributed by atoms with Crippen LogP contribution in [-0.4, -0.2) is 24.7 Å². The molecule has 1 unspecified atom stereocenters. The number of rotatable bonds is 3. The molecule has 5 heteroatoms. The number of nitrogen functional groups attached to an aromatic ring is 1. The maximum absolute atomic E-state index is 5.82. The summed E-state index contributed by atoms with van der Waals surface area (Å²) in [5.74, 6) is 1.28. The monoisotopic (exact) mass is 241 g/mol. The van der Waals surface area contributed by atoms with Gasteiger partial charge in [-0.25, -0.2) is 4.98 Å². The second-order valence-corrected chi connectivity index (χ2v) is 4.46. The molecule has 1 aromatic rings. The van der Waals surface area contributed by atoms with Crippen molar-refractivity contribution in [2.24, 2.45) is 5.92 Å². The van der Waals surface area contributed by atoms with Crippen LogP contribution in [0, 0.1) is 5.92 Å². The van der Waals surface area contributed by atoms with E-state index in [4.69, 9.17) is 22.1 Å². The molecule has 0 amide bonds. The Bertz CT molecular complexity index is 333. The van der Waals surface area contributed by atoms with Gasteiger partial charge in [0.2, 0.25) is 0 Å². The Kier molecular flexibility index (Phi) is 3.85. The number of ether oxygens (including phenoxy) is 1. The molecule has 1 aliphatic rings. The van der Waals surface area contributed by atoms with Crippen molar-refractivity contribution in [2.75, 3.05) is 30.8 Å². The van der Waals surface area contributed by atoms with E-state index in [1.807, 2.05) is 0 Å². The van der Waals surface area contributed by atoms with Gasteiger partial charge in [0.05, 0.1) is 6.61 Å². The second-order valence-electron chi connectivity index (χ2n) is 4.07. The molecule has 16 heavy (non-hydrogen) atoms. The van der Waals surface area contributed by atoms with Crippen molar-refractivity contribution >= 4 is 23.1 Å². The first-order chi connectivity index (χ1) is 7.74. The van der Waals surface area contributed by atoms with Gasteiger partial charge in [0.15, 0.2) is 0 Å². The normalized spacial score (nSPS) is 20.7. The molecule has 0 spiro atoms. The lowest BCUT2D eigenvalue weighted by molar-refractivity contribution is 0.0595. The summed E-state index contributed by atoms with van der Waals surface area (Å²) in [4.78, 5) is 4.15. The lowest BCUT2D eigenvalue weighted by Crippen LogP contribution is -2.24. The second kappa shape index (κ2) is 5.37. The van der Waals surface area contributed by atoms with E-state index >= 15 is 0 Å². The van der Waals surface area contributed by atoms with E-state index in [2.05, 4.69) is 10.3 Å². The molecule has 2 heterocycles. The molecule has 3 N–H and O–H groups in total. The van der Waals surface area contributed by atoms with Gasteiger partial charge in [0.25, 0.3) is 0 Å². The summed E-state index contributed by atoms with van der Waals surface area (Å²) in [5, 5.41) is 3.66. The Morgan fingerprint density at radius 1 is 1.56 bits per heavy atom. The van der Waals surface area contributed by atoms with E-state index in [1.165, 1.54) is 6.42 Å². The molecule has 2 rings (SSSR count). The molecule has 4 nitrogen and oxygen atoms in total. The third kappa shape index (κ3) is 3.25. The zero-order valence-corrected chi connectivity index (χ0v) is 9.83. The van der Waals surface area contributed by atoms with E-state index in [9.17, 15) is 0 Å². The number of halogens is 1. The van der Waals surface area contributed by atoms with E-state index in [0.717, 1.165) is 32.0 Å². The molecule has 1 fully saturated rings. The summed E-state index contributed by atoms with van der Waals surface area (Å²) < 4.78 is 5.41.